The summed E-state index contributed by atoms with van der Waals surface area (Å²) in [5.41, 5.74) is 6.49. The van der Waals surface area contributed by atoms with Crippen molar-refractivity contribution in [3.63, 3.8) is 0 Å². The van der Waals surface area contributed by atoms with Gasteiger partial charge in [0.1, 0.15) is 0 Å². The SMILES string of the molecule is C[C@@H](N)c1ccn(C)n1.Cl.Cl.Cl. The molecule has 0 aliphatic carbocycles. The van der Waals surface area contributed by atoms with Gasteiger partial charge in [-0.3, -0.25) is 4.68 Å². The fourth-order valence-corrected chi connectivity index (χ4v) is 0.676. The predicted octanol–water partition coefficient (Wildman–Crippen LogP) is 1.71. The van der Waals surface area contributed by atoms with E-state index in [1.807, 2.05) is 26.2 Å². The number of aryl methyl sites for hydroxylation is 1. The molecule has 2 N–H and O–H groups in total. The Hall–Kier alpha value is 0.0400. The Balaban J connectivity index is -0.000000270. The van der Waals surface area contributed by atoms with Gasteiger partial charge in [0.15, 0.2) is 0 Å². The van der Waals surface area contributed by atoms with E-state index in [1.165, 1.54) is 0 Å². The summed E-state index contributed by atoms with van der Waals surface area (Å²) in [7, 11) is 1.88. The summed E-state index contributed by atoms with van der Waals surface area (Å²) in [5.74, 6) is 0. The third kappa shape index (κ3) is 4.83. The van der Waals surface area contributed by atoms with Crippen LogP contribution in [0.15, 0.2) is 12.3 Å². The molecule has 0 saturated carbocycles. The van der Waals surface area contributed by atoms with Gasteiger partial charge in [0.05, 0.1) is 5.69 Å². The van der Waals surface area contributed by atoms with Crippen molar-refractivity contribution >= 4 is 37.2 Å². The monoisotopic (exact) mass is 233 g/mol. The first-order valence-electron chi connectivity index (χ1n) is 2.95. The second kappa shape index (κ2) is 7.68. The number of nitrogens with zero attached hydrogens (tertiary/aromatic N) is 2. The molecule has 74 valence electrons. The average Bonchev–Trinajstić information content (AvgIpc) is 2.14. The maximum atomic E-state index is 5.55. The van der Waals surface area contributed by atoms with Crippen molar-refractivity contribution in [2.24, 2.45) is 12.8 Å². The summed E-state index contributed by atoms with van der Waals surface area (Å²) in [6, 6.07) is 1.97. The van der Waals surface area contributed by atoms with Crippen LogP contribution in [0.2, 0.25) is 0 Å². The molecule has 0 unspecified atom stereocenters. The molecule has 1 rings (SSSR count). The summed E-state index contributed by atoms with van der Waals surface area (Å²) in [6.07, 6.45) is 1.89. The van der Waals surface area contributed by atoms with E-state index in [4.69, 9.17) is 5.73 Å². The molecule has 0 radical (unpaired) electrons. The van der Waals surface area contributed by atoms with Gasteiger partial charge in [-0.05, 0) is 13.0 Å². The van der Waals surface area contributed by atoms with E-state index in [0.29, 0.717) is 0 Å². The van der Waals surface area contributed by atoms with Gasteiger partial charge < -0.3 is 5.73 Å². The van der Waals surface area contributed by atoms with Gasteiger partial charge in [-0.1, -0.05) is 0 Å². The Bertz CT molecular complexity index is 200. The molecule has 0 aromatic carbocycles. The average molecular weight is 235 g/mol. The van der Waals surface area contributed by atoms with E-state index in [9.17, 15) is 0 Å². The van der Waals surface area contributed by atoms with Crippen LogP contribution < -0.4 is 5.73 Å². The van der Waals surface area contributed by atoms with Crippen molar-refractivity contribution in [2.45, 2.75) is 13.0 Å². The number of hydrogen-bond donors (Lipinski definition) is 1. The zero-order chi connectivity index (χ0) is 6.85. The third-order valence-electron chi connectivity index (χ3n) is 1.20. The summed E-state index contributed by atoms with van der Waals surface area (Å²) in [5, 5.41) is 4.10. The normalized spacial score (nSPS) is 10.2. The van der Waals surface area contributed by atoms with E-state index < -0.39 is 0 Å². The number of rotatable bonds is 1. The summed E-state index contributed by atoms with van der Waals surface area (Å²) in [4.78, 5) is 0. The molecule has 1 atom stereocenters. The Morgan fingerprint density at radius 1 is 1.42 bits per heavy atom. The lowest BCUT2D eigenvalue weighted by Gasteiger charge is -1.96. The highest BCUT2D eigenvalue weighted by atomic mass is 35.5. The van der Waals surface area contributed by atoms with Crippen molar-refractivity contribution in [1.29, 1.82) is 0 Å². The lowest BCUT2D eigenvalue weighted by molar-refractivity contribution is 0.699. The van der Waals surface area contributed by atoms with Gasteiger partial charge in [-0.15, -0.1) is 37.2 Å². The molecule has 0 amide bonds. The number of halogens is 3. The minimum Gasteiger partial charge on any atom is -0.323 e. The number of hydrogen-bond acceptors (Lipinski definition) is 2. The van der Waals surface area contributed by atoms with Crippen LogP contribution in [0, 0.1) is 0 Å². The Morgan fingerprint density at radius 2 is 1.92 bits per heavy atom. The second-order valence-electron chi connectivity index (χ2n) is 2.20. The van der Waals surface area contributed by atoms with Crippen LogP contribution in [0.3, 0.4) is 0 Å². The fourth-order valence-electron chi connectivity index (χ4n) is 0.676. The lowest BCUT2D eigenvalue weighted by atomic mass is 10.3. The zero-order valence-corrected chi connectivity index (χ0v) is 9.38. The second-order valence-corrected chi connectivity index (χ2v) is 2.20. The molecule has 0 saturated heterocycles. The van der Waals surface area contributed by atoms with Crippen LogP contribution in [0.1, 0.15) is 18.7 Å². The maximum absolute atomic E-state index is 5.55. The topological polar surface area (TPSA) is 43.8 Å². The largest absolute Gasteiger partial charge is 0.323 e. The van der Waals surface area contributed by atoms with Crippen LogP contribution in [0.25, 0.3) is 0 Å². The standard InChI is InChI=1S/C6H11N3.3ClH/c1-5(7)6-3-4-9(2)8-6;;;/h3-5H,7H2,1-2H3;3*1H/t5-;;;/m1.../s1. The summed E-state index contributed by atoms with van der Waals surface area (Å²) < 4.78 is 1.75. The Morgan fingerprint density at radius 3 is 2.08 bits per heavy atom. The summed E-state index contributed by atoms with van der Waals surface area (Å²) >= 11 is 0. The van der Waals surface area contributed by atoms with Crippen LogP contribution in [-0.2, 0) is 7.05 Å². The minimum atomic E-state index is 0. The smallest absolute Gasteiger partial charge is 0.0788 e. The van der Waals surface area contributed by atoms with Crippen molar-refractivity contribution in [3.8, 4) is 0 Å². The van der Waals surface area contributed by atoms with Gasteiger partial charge in [0.25, 0.3) is 0 Å². The van der Waals surface area contributed by atoms with Gasteiger partial charge in [-0.2, -0.15) is 5.10 Å². The molecule has 0 spiro atoms. The minimum absolute atomic E-state index is 0. The molecular weight excluding hydrogens is 220 g/mol. The Labute approximate surface area is 90.9 Å². The summed E-state index contributed by atoms with van der Waals surface area (Å²) in [6.45, 7) is 1.92. The highest BCUT2D eigenvalue weighted by Crippen LogP contribution is 2.03. The van der Waals surface area contributed by atoms with Crippen molar-refractivity contribution in [1.82, 2.24) is 9.78 Å². The quantitative estimate of drug-likeness (QED) is 0.804. The molecule has 0 bridgehead atoms. The molecule has 0 fully saturated rings. The maximum Gasteiger partial charge on any atom is 0.0788 e. The fraction of sp³-hybridized carbons (Fsp3) is 0.500. The molecule has 1 heterocycles. The van der Waals surface area contributed by atoms with Gasteiger partial charge in [0.2, 0.25) is 0 Å². The third-order valence-corrected chi connectivity index (χ3v) is 1.20. The van der Waals surface area contributed by atoms with Crippen LogP contribution in [0.4, 0.5) is 0 Å². The van der Waals surface area contributed by atoms with E-state index in [0.717, 1.165) is 5.69 Å². The van der Waals surface area contributed by atoms with E-state index in [-0.39, 0.29) is 43.3 Å². The van der Waals surface area contributed by atoms with Crippen molar-refractivity contribution < 1.29 is 0 Å². The highest BCUT2D eigenvalue weighted by Gasteiger charge is 1.99. The molecule has 1 aromatic rings. The molecule has 3 nitrogen and oxygen atoms in total. The van der Waals surface area contributed by atoms with E-state index >= 15 is 0 Å². The first kappa shape index (κ1) is 18.0. The predicted molar refractivity (Wildman–Crippen MR) is 57.6 cm³/mol. The van der Waals surface area contributed by atoms with Gasteiger partial charge in [-0.25, -0.2) is 0 Å². The van der Waals surface area contributed by atoms with Gasteiger partial charge in [0, 0.05) is 19.3 Å². The Kier molecular flexibility index (Phi) is 11.5. The zero-order valence-electron chi connectivity index (χ0n) is 6.93. The first-order chi connectivity index (χ1) is 4.20. The molecule has 0 aliphatic heterocycles. The van der Waals surface area contributed by atoms with Crippen LogP contribution in [0.5, 0.6) is 0 Å². The molecule has 12 heavy (non-hydrogen) atoms. The highest BCUT2D eigenvalue weighted by molar-refractivity contribution is 5.86. The van der Waals surface area contributed by atoms with Gasteiger partial charge >= 0.3 is 0 Å². The molecule has 6 heteroatoms. The molecule has 1 aromatic heterocycles. The van der Waals surface area contributed by atoms with E-state index in [2.05, 4.69) is 5.10 Å². The molecular formula is C6H14Cl3N3. The number of aromatic nitrogens is 2. The van der Waals surface area contributed by atoms with Crippen molar-refractivity contribution in [3.05, 3.63) is 18.0 Å². The number of nitrogens with two attached hydrogens (primary N) is 1. The van der Waals surface area contributed by atoms with Crippen LogP contribution in [-0.4, -0.2) is 9.78 Å². The van der Waals surface area contributed by atoms with E-state index in [1.54, 1.807) is 4.68 Å². The van der Waals surface area contributed by atoms with Crippen LogP contribution >= 0.6 is 37.2 Å². The lowest BCUT2D eigenvalue weighted by Crippen LogP contribution is -2.06. The molecule has 0 aliphatic rings. The van der Waals surface area contributed by atoms with Crippen molar-refractivity contribution in [2.75, 3.05) is 0 Å². The first-order valence-corrected chi connectivity index (χ1v) is 2.95.